The normalized spacial score (nSPS) is 8.53. The Balaban J connectivity index is -0.000000163. The molecule has 0 fully saturated rings. The average Bonchev–Trinajstić information content (AvgIpc) is 2.26. The topological polar surface area (TPSA) is 0 Å². The first-order valence-electron chi connectivity index (χ1n) is 6.97. The van der Waals surface area contributed by atoms with Crippen LogP contribution in [0.4, 0.5) is 0 Å². The second-order valence-corrected chi connectivity index (χ2v) is 4.96. The molecule has 0 aliphatic heterocycles. The van der Waals surface area contributed by atoms with Gasteiger partial charge in [0.2, 0.25) is 0 Å². The van der Waals surface area contributed by atoms with Crippen LogP contribution in [0.15, 0.2) is 0 Å². The van der Waals surface area contributed by atoms with E-state index in [9.17, 15) is 0 Å². The van der Waals surface area contributed by atoms with E-state index in [1.54, 1.807) is 0 Å². The SMILES string of the molecule is CCCCCCCCCCCCCCCl.[Cl-].[Cl-].[Na+].[Na+]. The Hall–Kier alpha value is 2.87. The van der Waals surface area contributed by atoms with Crippen molar-refractivity contribution in [2.24, 2.45) is 0 Å². The third kappa shape index (κ3) is 33.6. The van der Waals surface area contributed by atoms with E-state index >= 15 is 0 Å². The molecule has 0 rings (SSSR count). The molecule has 0 aliphatic carbocycles. The van der Waals surface area contributed by atoms with Gasteiger partial charge in [-0.1, -0.05) is 77.6 Å². The van der Waals surface area contributed by atoms with E-state index in [4.69, 9.17) is 11.6 Å². The molecule has 0 aromatic rings. The molecule has 0 saturated carbocycles. The van der Waals surface area contributed by atoms with Crippen LogP contribution in [0.3, 0.4) is 0 Å². The van der Waals surface area contributed by atoms with Crippen molar-refractivity contribution in [1.29, 1.82) is 0 Å². The molecule has 0 N–H and O–H groups in total. The number of unbranched alkanes of at least 4 members (excludes halogenated alkanes) is 11. The van der Waals surface area contributed by atoms with E-state index in [-0.39, 0.29) is 83.9 Å². The largest absolute Gasteiger partial charge is 1.00 e. The summed E-state index contributed by atoms with van der Waals surface area (Å²) in [5.74, 6) is 0.845. The van der Waals surface area contributed by atoms with Crippen molar-refractivity contribution in [1.82, 2.24) is 0 Å². The van der Waals surface area contributed by atoms with Crippen LogP contribution in [0.5, 0.6) is 0 Å². The number of hydrogen-bond donors (Lipinski definition) is 0. The van der Waals surface area contributed by atoms with Crippen LogP contribution in [-0.2, 0) is 0 Å². The van der Waals surface area contributed by atoms with Crippen LogP contribution in [-0.4, -0.2) is 5.88 Å². The summed E-state index contributed by atoms with van der Waals surface area (Å²) in [4.78, 5) is 0. The quantitative estimate of drug-likeness (QED) is 0.187. The van der Waals surface area contributed by atoms with Crippen molar-refractivity contribution in [2.45, 2.75) is 84.0 Å². The van der Waals surface area contributed by atoms with Gasteiger partial charge in [0, 0.05) is 5.88 Å². The summed E-state index contributed by atoms with van der Waals surface area (Å²) in [5, 5.41) is 0. The fraction of sp³-hybridized carbons (Fsp3) is 1.00. The third-order valence-corrected chi connectivity index (χ3v) is 3.25. The molecule has 0 atom stereocenters. The van der Waals surface area contributed by atoms with Crippen LogP contribution >= 0.6 is 11.6 Å². The zero-order valence-corrected chi connectivity index (χ0v) is 19.6. The summed E-state index contributed by atoms with van der Waals surface area (Å²) in [6.07, 6.45) is 16.9. The van der Waals surface area contributed by atoms with Gasteiger partial charge in [-0.05, 0) is 6.42 Å². The molecule has 0 spiro atoms. The van der Waals surface area contributed by atoms with E-state index in [0.29, 0.717) is 0 Å². The van der Waals surface area contributed by atoms with Crippen LogP contribution in [0.1, 0.15) is 84.0 Å². The standard InChI is InChI=1S/C14H29Cl.2ClH.2Na/c1-2-3-4-5-6-7-8-9-10-11-12-13-14-15;;;;/h2-14H2,1H3;2*1H;;/q;;;2*+1/p-2. The average molecular weight is 350 g/mol. The number of hydrogen-bond acceptors (Lipinski definition) is 0. The molecular weight excluding hydrogens is 320 g/mol. The molecule has 19 heavy (non-hydrogen) atoms. The van der Waals surface area contributed by atoms with Crippen LogP contribution < -0.4 is 83.9 Å². The number of halogens is 3. The molecule has 0 heterocycles. The van der Waals surface area contributed by atoms with Gasteiger partial charge in [-0.3, -0.25) is 0 Å². The number of rotatable bonds is 12. The fourth-order valence-corrected chi connectivity index (χ4v) is 2.12. The van der Waals surface area contributed by atoms with Crippen LogP contribution in [0, 0.1) is 0 Å². The predicted molar refractivity (Wildman–Crippen MR) is 71.8 cm³/mol. The molecule has 108 valence electrons. The summed E-state index contributed by atoms with van der Waals surface area (Å²) in [5.41, 5.74) is 0. The van der Waals surface area contributed by atoms with Gasteiger partial charge in [-0.15, -0.1) is 11.6 Å². The second-order valence-electron chi connectivity index (χ2n) is 4.58. The van der Waals surface area contributed by atoms with Gasteiger partial charge in [0.1, 0.15) is 0 Å². The first-order valence-corrected chi connectivity index (χ1v) is 7.51. The molecule has 5 heteroatoms. The minimum Gasteiger partial charge on any atom is -1.00 e. The van der Waals surface area contributed by atoms with Crippen molar-refractivity contribution in [3.05, 3.63) is 0 Å². The van der Waals surface area contributed by atoms with E-state index in [1.165, 1.54) is 77.0 Å². The van der Waals surface area contributed by atoms with Gasteiger partial charge in [-0.2, -0.15) is 0 Å². The Labute approximate surface area is 183 Å². The molecular formula is C14H29Cl3Na2. The van der Waals surface area contributed by atoms with Crippen molar-refractivity contribution in [2.75, 3.05) is 5.88 Å². The van der Waals surface area contributed by atoms with Crippen molar-refractivity contribution < 1.29 is 83.9 Å². The minimum absolute atomic E-state index is 0. The zero-order valence-electron chi connectivity index (χ0n) is 13.3. The summed E-state index contributed by atoms with van der Waals surface area (Å²) < 4.78 is 0. The van der Waals surface area contributed by atoms with Gasteiger partial charge in [0.05, 0.1) is 0 Å². The van der Waals surface area contributed by atoms with Crippen molar-refractivity contribution >= 4 is 11.6 Å². The Morgan fingerprint density at radius 2 is 0.789 bits per heavy atom. The molecule has 0 aliphatic rings. The molecule has 0 amide bonds. The Kier molecular flexibility index (Phi) is 57.6. The maximum Gasteiger partial charge on any atom is 1.00 e. The van der Waals surface area contributed by atoms with Crippen LogP contribution in [0.2, 0.25) is 0 Å². The Morgan fingerprint density at radius 3 is 1.05 bits per heavy atom. The smallest absolute Gasteiger partial charge is 1.00 e. The monoisotopic (exact) mass is 348 g/mol. The third-order valence-electron chi connectivity index (χ3n) is 2.99. The predicted octanol–water partition coefficient (Wildman–Crippen LogP) is -6.06. The van der Waals surface area contributed by atoms with E-state index < -0.39 is 0 Å². The molecule has 0 unspecified atom stereocenters. The summed E-state index contributed by atoms with van der Waals surface area (Å²) >= 11 is 5.62. The molecule has 0 bridgehead atoms. The summed E-state index contributed by atoms with van der Waals surface area (Å²) in [6, 6.07) is 0. The Morgan fingerprint density at radius 1 is 0.526 bits per heavy atom. The first-order chi connectivity index (χ1) is 7.41. The maximum atomic E-state index is 5.62. The minimum atomic E-state index is 0. The van der Waals surface area contributed by atoms with E-state index in [1.807, 2.05) is 0 Å². The van der Waals surface area contributed by atoms with Gasteiger partial charge in [0.15, 0.2) is 0 Å². The first kappa shape index (κ1) is 33.5. The molecule has 0 aromatic carbocycles. The Bertz CT molecular complexity index is 105. The van der Waals surface area contributed by atoms with Crippen LogP contribution in [0.25, 0.3) is 0 Å². The van der Waals surface area contributed by atoms with Gasteiger partial charge in [-0.25, -0.2) is 0 Å². The zero-order chi connectivity index (χ0) is 11.2. The summed E-state index contributed by atoms with van der Waals surface area (Å²) in [6.45, 7) is 2.28. The maximum absolute atomic E-state index is 5.62. The van der Waals surface area contributed by atoms with Crippen molar-refractivity contribution in [3.8, 4) is 0 Å². The van der Waals surface area contributed by atoms with Gasteiger partial charge < -0.3 is 24.8 Å². The van der Waals surface area contributed by atoms with Gasteiger partial charge in [0.25, 0.3) is 0 Å². The van der Waals surface area contributed by atoms with Gasteiger partial charge >= 0.3 is 59.1 Å². The van der Waals surface area contributed by atoms with E-state index in [2.05, 4.69) is 6.92 Å². The second kappa shape index (κ2) is 32.7. The van der Waals surface area contributed by atoms with E-state index in [0.717, 1.165) is 5.88 Å². The summed E-state index contributed by atoms with van der Waals surface area (Å²) in [7, 11) is 0. The number of alkyl halides is 1. The molecule has 0 saturated heterocycles. The fourth-order valence-electron chi connectivity index (χ4n) is 1.94. The van der Waals surface area contributed by atoms with Crippen molar-refractivity contribution in [3.63, 3.8) is 0 Å². The molecule has 0 radical (unpaired) electrons. The molecule has 0 aromatic heterocycles. The molecule has 0 nitrogen and oxygen atoms in total.